The molecular formula is C23H32ClN5O2. The van der Waals surface area contributed by atoms with Gasteiger partial charge in [-0.3, -0.25) is 9.59 Å². The van der Waals surface area contributed by atoms with Crippen molar-refractivity contribution in [2.45, 2.75) is 53.2 Å². The van der Waals surface area contributed by atoms with E-state index in [1.54, 1.807) is 7.05 Å². The predicted molar refractivity (Wildman–Crippen MR) is 123 cm³/mol. The van der Waals surface area contributed by atoms with Gasteiger partial charge in [-0.2, -0.15) is 0 Å². The minimum atomic E-state index is -0.683. The molecule has 0 saturated heterocycles. The smallest absolute Gasteiger partial charge is 0.272 e. The molecule has 0 radical (unpaired) electrons. The summed E-state index contributed by atoms with van der Waals surface area (Å²) in [6, 6.07) is 5.17. The van der Waals surface area contributed by atoms with Crippen molar-refractivity contribution in [2.75, 3.05) is 20.6 Å². The fraction of sp³-hybridized carbons (Fsp3) is 0.522. The van der Waals surface area contributed by atoms with Crippen LogP contribution in [0, 0.1) is 12.3 Å². The highest BCUT2D eigenvalue weighted by Gasteiger charge is 2.34. The minimum Gasteiger partial charge on any atom is -0.357 e. The summed E-state index contributed by atoms with van der Waals surface area (Å²) in [4.78, 5) is 32.8. The van der Waals surface area contributed by atoms with Crippen LogP contribution in [0.25, 0.3) is 11.4 Å². The molecule has 7 nitrogen and oxygen atoms in total. The number of carbonyl (C=O) groups is 2. The molecule has 1 atom stereocenters. The summed E-state index contributed by atoms with van der Waals surface area (Å²) in [5, 5.41) is 6.17. The van der Waals surface area contributed by atoms with Crippen LogP contribution >= 0.6 is 11.6 Å². The predicted octanol–water partition coefficient (Wildman–Crippen LogP) is 3.24. The van der Waals surface area contributed by atoms with E-state index in [4.69, 9.17) is 16.6 Å². The molecule has 1 aromatic heterocycles. The maximum atomic E-state index is 13.4. The van der Waals surface area contributed by atoms with E-state index in [1.807, 2.05) is 52.9 Å². The van der Waals surface area contributed by atoms with Crippen LogP contribution in [-0.4, -0.2) is 52.9 Å². The first-order valence-electron chi connectivity index (χ1n) is 10.6. The summed E-state index contributed by atoms with van der Waals surface area (Å²) >= 11 is 6.55. The fourth-order valence-electron chi connectivity index (χ4n) is 3.93. The Labute approximate surface area is 189 Å². The molecule has 3 rings (SSSR count). The maximum absolute atomic E-state index is 13.4. The normalized spacial score (nSPS) is 15.7. The van der Waals surface area contributed by atoms with Crippen LogP contribution < -0.4 is 10.6 Å². The molecule has 31 heavy (non-hydrogen) atoms. The zero-order valence-corrected chi connectivity index (χ0v) is 19.9. The van der Waals surface area contributed by atoms with Gasteiger partial charge in [0.1, 0.15) is 11.9 Å². The van der Waals surface area contributed by atoms with E-state index in [2.05, 4.69) is 20.1 Å². The van der Waals surface area contributed by atoms with Crippen molar-refractivity contribution in [2.24, 2.45) is 5.41 Å². The molecule has 0 saturated carbocycles. The van der Waals surface area contributed by atoms with Crippen LogP contribution in [0.15, 0.2) is 18.2 Å². The van der Waals surface area contributed by atoms with Gasteiger partial charge >= 0.3 is 0 Å². The Bertz CT molecular complexity index is 993. The van der Waals surface area contributed by atoms with Crippen molar-refractivity contribution < 1.29 is 9.59 Å². The Morgan fingerprint density at radius 3 is 2.55 bits per heavy atom. The highest BCUT2D eigenvalue weighted by atomic mass is 35.5. The first kappa shape index (κ1) is 23.3. The third-order valence-electron chi connectivity index (χ3n) is 5.64. The minimum absolute atomic E-state index is 0.231. The average molecular weight is 446 g/mol. The van der Waals surface area contributed by atoms with E-state index >= 15 is 0 Å². The number of hydrogen-bond acceptors (Lipinski definition) is 4. The van der Waals surface area contributed by atoms with E-state index in [9.17, 15) is 9.59 Å². The highest BCUT2D eigenvalue weighted by molar-refractivity contribution is 6.33. The second-order valence-corrected chi connectivity index (χ2v) is 9.75. The summed E-state index contributed by atoms with van der Waals surface area (Å²) in [7, 11) is 3.60. The molecule has 0 unspecified atom stereocenters. The zero-order valence-electron chi connectivity index (χ0n) is 19.2. The quantitative estimate of drug-likeness (QED) is 0.757. The third-order valence-corrected chi connectivity index (χ3v) is 5.96. The standard InChI is InChI=1S/C23H32ClN5O2/c1-14-8-9-15(16(24)12-14)20-26-18(17-13-28(6)10-7-11-29(17)20)21(30)27-19(22(31)25-5)23(2,3)4/h8-9,12,19H,7,10-11,13H2,1-6H3,(H,25,31)(H,27,30)/t19-/m1/s1. The van der Waals surface area contributed by atoms with Gasteiger partial charge in [-0.15, -0.1) is 0 Å². The van der Waals surface area contributed by atoms with Gasteiger partial charge in [0.2, 0.25) is 5.91 Å². The fourth-order valence-corrected chi connectivity index (χ4v) is 4.25. The average Bonchev–Trinajstić information content (AvgIpc) is 2.90. The third kappa shape index (κ3) is 4.93. The van der Waals surface area contributed by atoms with Gasteiger partial charge in [0.05, 0.1) is 10.7 Å². The summed E-state index contributed by atoms with van der Waals surface area (Å²) in [5.74, 6) is 0.106. The number of imidazole rings is 1. The van der Waals surface area contributed by atoms with Crippen LogP contribution in [0.2, 0.25) is 5.02 Å². The second-order valence-electron chi connectivity index (χ2n) is 9.34. The lowest BCUT2D eigenvalue weighted by Crippen LogP contribution is -2.53. The number of halogens is 1. The first-order valence-corrected chi connectivity index (χ1v) is 11.0. The molecule has 2 heterocycles. The molecule has 2 aromatic rings. The number of benzene rings is 1. The highest BCUT2D eigenvalue weighted by Crippen LogP contribution is 2.32. The van der Waals surface area contributed by atoms with Crippen molar-refractivity contribution in [1.29, 1.82) is 0 Å². The number of aryl methyl sites for hydroxylation is 1. The largest absolute Gasteiger partial charge is 0.357 e. The summed E-state index contributed by atoms with van der Waals surface area (Å²) in [5.41, 5.74) is 2.60. The summed E-state index contributed by atoms with van der Waals surface area (Å²) < 4.78 is 2.10. The van der Waals surface area contributed by atoms with Gasteiger partial charge < -0.3 is 20.1 Å². The number of nitrogens with one attached hydrogen (secondary N) is 2. The topological polar surface area (TPSA) is 79.3 Å². The van der Waals surface area contributed by atoms with Gasteiger partial charge in [-0.05, 0) is 50.0 Å². The van der Waals surface area contributed by atoms with Crippen LogP contribution in [0.5, 0.6) is 0 Å². The lowest BCUT2D eigenvalue weighted by molar-refractivity contribution is -0.124. The van der Waals surface area contributed by atoms with E-state index in [0.29, 0.717) is 23.1 Å². The lowest BCUT2D eigenvalue weighted by atomic mass is 9.86. The van der Waals surface area contributed by atoms with Crippen LogP contribution in [0.1, 0.15) is 48.9 Å². The summed E-state index contributed by atoms with van der Waals surface area (Å²) in [6.45, 7) is 10.0. The van der Waals surface area contributed by atoms with Crippen LogP contribution in [0.4, 0.5) is 0 Å². The number of hydrogen-bond donors (Lipinski definition) is 2. The van der Waals surface area contributed by atoms with Crippen molar-refractivity contribution in [3.05, 3.63) is 40.2 Å². The molecule has 168 valence electrons. The number of carbonyl (C=O) groups excluding carboxylic acids is 2. The Kier molecular flexibility index (Phi) is 6.76. The Hall–Kier alpha value is -2.38. The van der Waals surface area contributed by atoms with Gasteiger partial charge in [-0.25, -0.2) is 4.98 Å². The maximum Gasteiger partial charge on any atom is 0.272 e. The van der Waals surface area contributed by atoms with E-state index in [0.717, 1.165) is 36.3 Å². The van der Waals surface area contributed by atoms with Gasteiger partial charge in [0.25, 0.3) is 5.91 Å². The molecule has 0 aliphatic carbocycles. The molecule has 2 N–H and O–H groups in total. The number of aromatic nitrogens is 2. The molecular weight excluding hydrogens is 414 g/mol. The molecule has 0 spiro atoms. The molecule has 2 amide bonds. The molecule has 0 fully saturated rings. The van der Waals surface area contributed by atoms with Crippen molar-refractivity contribution in [1.82, 2.24) is 25.1 Å². The number of rotatable bonds is 4. The number of likely N-dealkylation sites (N-methyl/N-ethyl adjacent to an activating group) is 1. The lowest BCUT2D eigenvalue weighted by Gasteiger charge is -2.29. The summed E-state index contributed by atoms with van der Waals surface area (Å²) in [6.07, 6.45) is 0.945. The number of fused-ring (bicyclic) bond motifs is 1. The van der Waals surface area contributed by atoms with Crippen LogP contribution in [0.3, 0.4) is 0 Å². The molecule has 1 aliphatic rings. The van der Waals surface area contributed by atoms with Gasteiger partial charge in [0.15, 0.2) is 5.69 Å². The zero-order chi connectivity index (χ0) is 22.9. The Balaban J connectivity index is 2.08. The Morgan fingerprint density at radius 2 is 1.94 bits per heavy atom. The monoisotopic (exact) mass is 445 g/mol. The second kappa shape index (κ2) is 9.01. The van der Waals surface area contributed by atoms with Crippen molar-refractivity contribution in [3.63, 3.8) is 0 Å². The molecule has 1 aromatic carbocycles. The van der Waals surface area contributed by atoms with Crippen molar-refractivity contribution in [3.8, 4) is 11.4 Å². The number of amides is 2. The molecule has 8 heteroatoms. The first-order chi connectivity index (χ1) is 14.5. The van der Waals surface area contributed by atoms with E-state index in [1.165, 1.54) is 0 Å². The van der Waals surface area contributed by atoms with Gasteiger partial charge in [0, 0.05) is 25.7 Å². The van der Waals surface area contributed by atoms with E-state index < -0.39 is 11.5 Å². The van der Waals surface area contributed by atoms with Crippen molar-refractivity contribution >= 4 is 23.4 Å². The molecule has 0 bridgehead atoms. The van der Waals surface area contributed by atoms with E-state index in [-0.39, 0.29) is 11.8 Å². The molecule has 1 aliphatic heterocycles. The van der Waals surface area contributed by atoms with Gasteiger partial charge in [-0.1, -0.05) is 38.4 Å². The Morgan fingerprint density at radius 1 is 1.23 bits per heavy atom. The number of nitrogens with zero attached hydrogens (tertiary/aromatic N) is 3. The SMILES string of the molecule is CNC(=O)[C@@H](NC(=O)c1nc(-c2ccc(C)cc2Cl)n2c1CN(C)CCC2)C(C)(C)C. The van der Waals surface area contributed by atoms with Crippen LogP contribution in [-0.2, 0) is 17.9 Å².